The Hall–Kier alpha value is -1.12. The molecule has 0 aromatic heterocycles. The second kappa shape index (κ2) is 10.6. The van der Waals surface area contributed by atoms with Crippen LogP contribution in [0.25, 0.3) is 0 Å². The molecule has 0 spiro atoms. The van der Waals surface area contributed by atoms with E-state index in [0.717, 1.165) is 24.8 Å². The fourth-order valence-corrected chi connectivity index (χ4v) is 4.52. The van der Waals surface area contributed by atoms with Gasteiger partial charge in [-0.05, 0) is 79.0 Å². The summed E-state index contributed by atoms with van der Waals surface area (Å²) >= 11 is 2.29. The van der Waals surface area contributed by atoms with Crippen LogP contribution in [-0.2, 0) is 14.3 Å². The number of hydrogen-bond acceptors (Lipinski definition) is 4. The van der Waals surface area contributed by atoms with Crippen molar-refractivity contribution in [3.8, 4) is 0 Å². The number of hydrogen-bond donors (Lipinski definition) is 2. The SMILES string of the molecule is CCO[C@@H]1OC(C(=O)NC2CCCC2)=C[C@H](c2ccc(I)cc2)[C@@H]1CCCO. The van der Waals surface area contributed by atoms with Crippen molar-refractivity contribution in [2.45, 2.75) is 63.7 Å². The average molecular weight is 499 g/mol. The van der Waals surface area contributed by atoms with Crippen LogP contribution in [0, 0.1) is 9.49 Å². The molecular weight excluding hydrogens is 469 g/mol. The lowest BCUT2D eigenvalue weighted by Crippen LogP contribution is -2.41. The molecule has 6 heteroatoms. The number of nitrogens with one attached hydrogen (secondary N) is 1. The number of aliphatic hydroxyl groups is 1. The van der Waals surface area contributed by atoms with E-state index in [0.29, 0.717) is 18.8 Å². The van der Waals surface area contributed by atoms with Crippen molar-refractivity contribution in [3.63, 3.8) is 0 Å². The number of halogens is 1. The minimum Gasteiger partial charge on any atom is -0.459 e. The fourth-order valence-electron chi connectivity index (χ4n) is 4.16. The maximum absolute atomic E-state index is 12.9. The van der Waals surface area contributed by atoms with E-state index in [1.54, 1.807) is 0 Å². The quantitative estimate of drug-likeness (QED) is 0.529. The Morgan fingerprint density at radius 3 is 2.64 bits per heavy atom. The first-order valence-electron chi connectivity index (χ1n) is 10.3. The Bertz CT molecular complexity index is 670. The highest BCUT2D eigenvalue weighted by Crippen LogP contribution is 2.39. The number of aliphatic hydroxyl groups excluding tert-OH is 1. The number of allylic oxidation sites excluding steroid dienone is 1. The average Bonchev–Trinajstić information content (AvgIpc) is 3.20. The number of rotatable bonds is 8. The maximum atomic E-state index is 12.9. The molecule has 1 aliphatic heterocycles. The summed E-state index contributed by atoms with van der Waals surface area (Å²) in [6.45, 7) is 2.58. The number of amides is 1. The third kappa shape index (κ3) is 5.48. The van der Waals surface area contributed by atoms with Gasteiger partial charge in [0.1, 0.15) is 0 Å². The molecule has 2 N–H and O–H groups in total. The molecule has 2 aliphatic rings. The van der Waals surface area contributed by atoms with E-state index in [-0.39, 0.29) is 30.4 Å². The summed E-state index contributed by atoms with van der Waals surface area (Å²) in [6, 6.07) is 8.61. The molecule has 0 bridgehead atoms. The predicted molar refractivity (Wildman–Crippen MR) is 117 cm³/mol. The molecule has 1 aromatic rings. The molecule has 3 rings (SSSR count). The lowest BCUT2D eigenvalue weighted by Gasteiger charge is -2.37. The Morgan fingerprint density at radius 2 is 2.00 bits per heavy atom. The lowest BCUT2D eigenvalue weighted by atomic mass is 9.80. The van der Waals surface area contributed by atoms with Crippen LogP contribution in [-0.4, -0.2) is 36.6 Å². The first kappa shape index (κ1) is 21.6. The molecule has 1 fully saturated rings. The van der Waals surface area contributed by atoms with Gasteiger partial charge >= 0.3 is 0 Å². The van der Waals surface area contributed by atoms with E-state index in [4.69, 9.17) is 9.47 Å². The van der Waals surface area contributed by atoms with E-state index in [1.165, 1.54) is 16.4 Å². The van der Waals surface area contributed by atoms with Crippen LogP contribution in [0.3, 0.4) is 0 Å². The Balaban J connectivity index is 1.87. The highest BCUT2D eigenvalue weighted by molar-refractivity contribution is 14.1. The van der Waals surface area contributed by atoms with Crippen molar-refractivity contribution in [2.75, 3.05) is 13.2 Å². The summed E-state index contributed by atoms with van der Waals surface area (Å²) in [6.07, 6.45) is 7.31. The van der Waals surface area contributed by atoms with Gasteiger partial charge in [0.05, 0.1) is 0 Å². The lowest BCUT2D eigenvalue weighted by molar-refractivity contribution is -0.166. The smallest absolute Gasteiger partial charge is 0.286 e. The van der Waals surface area contributed by atoms with Gasteiger partial charge in [-0.15, -0.1) is 0 Å². The van der Waals surface area contributed by atoms with Crippen LogP contribution in [0.15, 0.2) is 36.1 Å². The van der Waals surface area contributed by atoms with E-state index in [1.807, 2.05) is 13.0 Å². The maximum Gasteiger partial charge on any atom is 0.286 e. The molecule has 0 radical (unpaired) electrons. The van der Waals surface area contributed by atoms with Crippen LogP contribution in [0.5, 0.6) is 0 Å². The van der Waals surface area contributed by atoms with Gasteiger partial charge in [0.25, 0.3) is 5.91 Å². The summed E-state index contributed by atoms with van der Waals surface area (Å²) in [5.74, 6) is 0.273. The zero-order chi connectivity index (χ0) is 19.9. The first-order valence-corrected chi connectivity index (χ1v) is 11.4. The largest absolute Gasteiger partial charge is 0.459 e. The molecule has 1 amide bonds. The van der Waals surface area contributed by atoms with Gasteiger partial charge < -0.3 is 19.9 Å². The molecule has 5 nitrogen and oxygen atoms in total. The predicted octanol–water partition coefficient (Wildman–Crippen LogP) is 4.10. The van der Waals surface area contributed by atoms with Gasteiger partial charge in [-0.2, -0.15) is 0 Å². The van der Waals surface area contributed by atoms with Gasteiger partial charge in [-0.25, -0.2) is 0 Å². The first-order chi connectivity index (χ1) is 13.6. The topological polar surface area (TPSA) is 67.8 Å². The van der Waals surface area contributed by atoms with Crippen LogP contribution in [0.2, 0.25) is 0 Å². The van der Waals surface area contributed by atoms with E-state index in [2.05, 4.69) is 52.2 Å². The van der Waals surface area contributed by atoms with Crippen molar-refractivity contribution < 1.29 is 19.4 Å². The minimum atomic E-state index is -0.491. The van der Waals surface area contributed by atoms with Crippen molar-refractivity contribution >= 4 is 28.5 Å². The number of ether oxygens (including phenoxy) is 2. The van der Waals surface area contributed by atoms with Crippen LogP contribution >= 0.6 is 22.6 Å². The second-order valence-electron chi connectivity index (χ2n) is 7.53. The van der Waals surface area contributed by atoms with E-state index in [9.17, 15) is 9.90 Å². The third-order valence-electron chi connectivity index (χ3n) is 5.58. The number of carbonyl (C=O) groups excluding carboxylic acids is 1. The third-order valence-corrected chi connectivity index (χ3v) is 6.30. The highest BCUT2D eigenvalue weighted by atomic mass is 127. The molecule has 1 aromatic carbocycles. The van der Waals surface area contributed by atoms with Gasteiger partial charge in [0.15, 0.2) is 5.76 Å². The van der Waals surface area contributed by atoms with Crippen LogP contribution in [0.4, 0.5) is 0 Å². The zero-order valence-corrected chi connectivity index (χ0v) is 18.6. The number of carbonyl (C=O) groups is 1. The van der Waals surface area contributed by atoms with Gasteiger partial charge in [-0.1, -0.05) is 25.0 Å². The Kier molecular flexibility index (Phi) is 8.17. The molecule has 1 aliphatic carbocycles. The van der Waals surface area contributed by atoms with Crippen LogP contribution < -0.4 is 5.32 Å². The van der Waals surface area contributed by atoms with Crippen LogP contribution in [0.1, 0.15) is 56.9 Å². The zero-order valence-electron chi connectivity index (χ0n) is 16.4. The summed E-state index contributed by atoms with van der Waals surface area (Å²) in [4.78, 5) is 12.9. The summed E-state index contributed by atoms with van der Waals surface area (Å²) < 4.78 is 13.1. The molecule has 0 unspecified atom stereocenters. The molecule has 0 saturated heterocycles. The Morgan fingerprint density at radius 1 is 1.29 bits per heavy atom. The van der Waals surface area contributed by atoms with Crippen molar-refractivity contribution in [3.05, 3.63) is 45.2 Å². The van der Waals surface area contributed by atoms with E-state index >= 15 is 0 Å². The summed E-state index contributed by atoms with van der Waals surface area (Å²) in [5, 5.41) is 12.5. The molecular formula is C22H30INO4. The van der Waals surface area contributed by atoms with E-state index < -0.39 is 6.29 Å². The van der Waals surface area contributed by atoms with Crippen molar-refractivity contribution in [1.82, 2.24) is 5.32 Å². The highest BCUT2D eigenvalue weighted by Gasteiger charge is 2.38. The molecule has 1 heterocycles. The van der Waals surface area contributed by atoms with Gasteiger partial charge in [0.2, 0.25) is 6.29 Å². The molecule has 3 atom stereocenters. The fraction of sp³-hybridized carbons (Fsp3) is 0.591. The van der Waals surface area contributed by atoms with Crippen molar-refractivity contribution in [1.29, 1.82) is 0 Å². The number of benzene rings is 1. The monoisotopic (exact) mass is 499 g/mol. The Labute approximate surface area is 181 Å². The summed E-state index contributed by atoms with van der Waals surface area (Å²) in [7, 11) is 0. The molecule has 28 heavy (non-hydrogen) atoms. The molecule has 154 valence electrons. The second-order valence-corrected chi connectivity index (χ2v) is 8.78. The standard InChI is InChI=1S/C22H30INO4/c1-2-27-22-18(8-5-13-25)19(15-9-11-16(23)12-10-15)14-20(28-22)21(26)24-17-6-3-4-7-17/h9-12,14,17-19,22,25H,2-8,13H2,1H3,(H,24,26)/t18-,19+,22+/m0/s1. The minimum absolute atomic E-state index is 0.0122. The summed E-state index contributed by atoms with van der Waals surface area (Å²) in [5.41, 5.74) is 1.14. The van der Waals surface area contributed by atoms with Gasteiger partial charge in [-0.3, -0.25) is 4.79 Å². The normalized spacial score (nSPS) is 25.2. The van der Waals surface area contributed by atoms with Crippen molar-refractivity contribution in [2.24, 2.45) is 5.92 Å². The van der Waals surface area contributed by atoms with Gasteiger partial charge in [0, 0.05) is 34.7 Å². The molecule has 1 saturated carbocycles.